The summed E-state index contributed by atoms with van der Waals surface area (Å²) >= 11 is 0. The van der Waals surface area contributed by atoms with Crippen molar-refractivity contribution >= 4 is 17.8 Å². The molecule has 147 valence electrons. The standard InChI is InChI=1S/C23H25N3O.Co/c1-4-5-16-23(2)19-13-9-10-14-20(19)26(3)21(23)15-17-24-25-22(27)18-11-7-6-8-12-18;/h4,6-15,17H,1,5,16H2,2-3H3,(H,25,27);/b21-15-,24-17+;. The first-order valence-corrected chi connectivity index (χ1v) is 9.08. The van der Waals surface area contributed by atoms with Crippen LogP contribution >= 0.6 is 0 Å². The summed E-state index contributed by atoms with van der Waals surface area (Å²) in [5.74, 6) is -0.0947. The van der Waals surface area contributed by atoms with E-state index in [0.29, 0.717) is 5.56 Å². The number of allylic oxidation sites excluding steroid dienone is 3. The first-order chi connectivity index (χ1) is 13.1. The Balaban J connectivity index is 0.00000280. The van der Waals surface area contributed by atoms with E-state index in [2.05, 4.69) is 59.9 Å². The van der Waals surface area contributed by atoms with Gasteiger partial charge in [-0.05, 0) is 49.6 Å². The molecule has 3 rings (SSSR count). The Bertz CT molecular complexity index is 905. The van der Waals surface area contributed by atoms with Crippen LogP contribution in [-0.4, -0.2) is 24.3 Å². The van der Waals surface area contributed by atoms with Crippen molar-refractivity contribution in [1.82, 2.24) is 0 Å². The minimum Gasteiger partial charge on any atom is -0.492 e. The Morgan fingerprint density at radius 1 is 1.14 bits per heavy atom. The van der Waals surface area contributed by atoms with Crippen LogP contribution < -0.4 is 4.90 Å². The molecule has 0 aliphatic carbocycles. The summed E-state index contributed by atoms with van der Waals surface area (Å²) in [6.45, 7) is 6.12. The Labute approximate surface area is 177 Å². The molecule has 0 saturated heterocycles. The number of nitrogens with zero attached hydrogens (tertiary/aromatic N) is 3. The van der Waals surface area contributed by atoms with Crippen LogP contribution in [-0.2, 0) is 22.2 Å². The Hall–Kier alpha value is -2.63. The van der Waals surface area contributed by atoms with Crippen LogP contribution in [0, 0.1) is 0 Å². The van der Waals surface area contributed by atoms with Gasteiger partial charge in [-0.25, -0.2) is 0 Å². The van der Waals surface area contributed by atoms with Crippen molar-refractivity contribution in [3.63, 3.8) is 0 Å². The molecule has 0 saturated carbocycles. The molecule has 1 atom stereocenters. The minimum absolute atomic E-state index is 0. The first-order valence-electron chi connectivity index (χ1n) is 9.08. The zero-order chi connectivity index (χ0) is 19.3. The van der Waals surface area contributed by atoms with Crippen molar-refractivity contribution in [3.05, 3.63) is 90.2 Å². The molecule has 1 aliphatic rings. The fourth-order valence-electron chi connectivity index (χ4n) is 3.66. The second-order valence-corrected chi connectivity index (χ2v) is 6.84. The van der Waals surface area contributed by atoms with Crippen molar-refractivity contribution in [2.75, 3.05) is 11.9 Å². The van der Waals surface area contributed by atoms with Crippen LogP contribution in [0.1, 0.15) is 30.9 Å². The summed E-state index contributed by atoms with van der Waals surface area (Å²) in [4.78, 5) is 2.20. The summed E-state index contributed by atoms with van der Waals surface area (Å²) in [7, 11) is 2.07. The van der Waals surface area contributed by atoms with E-state index >= 15 is 0 Å². The van der Waals surface area contributed by atoms with Gasteiger partial charge in [0.2, 0.25) is 5.90 Å². The van der Waals surface area contributed by atoms with Crippen molar-refractivity contribution in [2.24, 2.45) is 10.2 Å². The third-order valence-electron chi connectivity index (χ3n) is 5.12. The molecular weight excluding hydrogens is 393 g/mol. The van der Waals surface area contributed by atoms with Crippen molar-refractivity contribution in [2.45, 2.75) is 25.2 Å². The van der Waals surface area contributed by atoms with Gasteiger partial charge in [-0.1, -0.05) is 42.5 Å². The molecular formula is C23H25CoN3O. The van der Waals surface area contributed by atoms with Gasteiger partial charge in [0.15, 0.2) is 0 Å². The van der Waals surface area contributed by atoms with E-state index in [9.17, 15) is 5.11 Å². The Morgan fingerprint density at radius 2 is 1.82 bits per heavy atom. The molecule has 28 heavy (non-hydrogen) atoms. The number of hydrogen-bond donors (Lipinski definition) is 1. The number of fused-ring (bicyclic) bond motifs is 1. The van der Waals surface area contributed by atoms with Gasteiger partial charge in [0.25, 0.3) is 0 Å². The monoisotopic (exact) mass is 418 g/mol. The SMILES string of the molecule is C=CCCC1(C)/C(=C/C=N/N=C(\O)c2ccccc2)N(C)c2ccccc21.[Co]. The maximum absolute atomic E-state index is 10.0. The third kappa shape index (κ3) is 4.26. The fourth-order valence-corrected chi connectivity index (χ4v) is 3.66. The van der Waals surface area contributed by atoms with Gasteiger partial charge < -0.3 is 10.0 Å². The van der Waals surface area contributed by atoms with E-state index in [-0.39, 0.29) is 28.1 Å². The van der Waals surface area contributed by atoms with Gasteiger partial charge in [0.1, 0.15) is 0 Å². The molecule has 1 heterocycles. The molecule has 0 bridgehead atoms. The Kier molecular flexibility index (Phi) is 7.37. The number of aliphatic hydroxyl groups excluding tert-OH is 1. The van der Waals surface area contributed by atoms with Crippen LogP contribution in [0.4, 0.5) is 5.69 Å². The number of aliphatic hydroxyl groups is 1. The van der Waals surface area contributed by atoms with Crippen LogP contribution in [0.15, 0.2) is 89.2 Å². The number of anilines is 1. The average molecular weight is 418 g/mol. The number of para-hydroxylation sites is 1. The summed E-state index contributed by atoms with van der Waals surface area (Å²) in [5.41, 5.74) is 4.20. The van der Waals surface area contributed by atoms with E-state index < -0.39 is 0 Å². The summed E-state index contributed by atoms with van der Waals surface area (Å²) in [5, 5.41) is 18.0. The van der Waals surface area contributed by atoms with E-state index in [0.717, 1.165) is 18.5 Å². The molecule has 2 aromatic carbocycles. The molecule has 4 nitrogen and oxygen atoms in total. The molecule has 1 unspecified atom stereocenters. The van der Waals surface area contributed by atoms with Crippen LogP contribution in [0.3, 0.4) is 0 Å². The van der Waals surface area contributed by atoms with Crippen molar-refractivity contribution < 1.29 is 21.9 Å². The molecule has 1 aliphatic heterocycles. The fraction of sp³-hybridized carbons (Fsp3) is 0.217. The smallest absolute Gasteiger partial charge is 0.238 e. The average Bonchev–Trinajstić information content (AvgIpc) is 2.92. The number of benzene rings is 2. The Morgan fingerprint density at radius 3 is 2.54 bits per heavy atom. The van der Waals surface area contributed by atoms with Crippen LogP contribution in [0.5, 0.6) is 0 Å². The number of rotatable bonds is 6. The minimum atomic E-state index is -0.114. The second-order valence-electron chi connectivity index (χ2n) is 6.84. The van der Waals surface area contributed by atoms with Crippen molar-refractivity contribution in [3.8, 4) is 0 Å². The van der Waals surface area contributed by atoms with Crippen LogP contribution in [0.25, 0.3) is 0 Å². The molecule has 0 spiro atoms. The molecule has 1 N–H and O–H groups in total. The van der Waals surface area contributed by atoms with Gasteiger partial charge in [-0.2, -0.15) is 5.10 Å². The van der Waals surface area contributed by atoms with E-state index in [4.69, 9.17) is 0 Å². The summed E-state index contributed by atoms with van der Waals surface area (Å²) in [6.07, 6.45) is 7.48. The maximum Gasteiger partial charge on any atom is 0.238 e. The second kappa shape index (κ2) is 9.53. The largest absolute Gasteiger partial charge is 0.492 e. The molecule has 0 aromatic heterocycles. The number of hydrogen-bond acceptors (Lipinski definition) is 3. The van der Waals surface area contributed by atoms with Crippen LogP contribution in [0.2, 0.25) is 0 Å². The van der Waals surface area contributed by atoms with Gasteiger partial charge in [-0.3, -0.25) is 0 Å². The zero-order valence-corrected chi connectivity index (χ0v) is 17.2. The molecule has 5 heteroatoms. The third-order valence-corrected chi connectivity index (χ3v) is 5.12. The topological polar surface area (TPSA) is 48.2 Å². The van der Waals surface area contributed by atoms with Gasteiger partial charge in [0, 0.05) is 46.2 Å². The molecule has 1 radical (unpaired) electrons. The summed E-state index contributed by atoms with van der Waals surface area (Å²) < 4.78 is 0. The predicted molar refractivity (Wildman–Crippen MR) is 114 cm³/mol. The first kappa shape index (κ1) is 21.7. The molecule has 0 fully saturated rings. The predicted octanol–water partition coefficient (Wildman–Crippen LogP) is 5.23. The van der Waals surface area contributed by atoms with E-state index in [1.165, 1.54) is 11.3 Å². The van der Waals surface area contributed by atoms with Crippen molar-refractivity contribution in [1.29, 1.82) is 0 Å². The van der Waals surface area contributed by atoms with Gasteiger partial charge >= 0.3 is 0 Å². The zero-order valence-electron chi connectivity index (χ0n) is 16.2. The maximum atomic E-state index is 10.0. The normalized spacial score (nSPS) is 20.3. The molecule has 2 aromatic rings. The van der Waals surface area contributed by atoms with Gasteiger partial charge in [0.05, 0.1) is 6.21 Å². The molecule has 0 amide bonds. The quantitative estimate of drug-likeness (QED) is 0.302. The van der Waals surface area contributed by atoms with E-state index in [1.807, 2.05) is 30.4 Å². The number of likely N-dealkylation sites (N-methyl/N-ethyl adjacent to an activating group) is 1. The summed E-state index contributed by atoms with van der Waals surface area (Å²) in [6, 6.07) is 17.6. The van der Waals surface area contributed by atoms with Gasteiger partial charge in [-0.15, -0.1) is 11.7 Å². The van der Waals surface area contributed by atoms with E-state index in [1.54, 1.807) is 18.3 Å².